The van der Waals surface area contributed by atoms with Crippen molar-refractivity contribution in [2.75, 3.05) is 52.9 Å². The van der Waals surface area contributed by atoms with Crippen LogP contribution in [0.4, 0.5) is 0 Å². The maximum atomic E-state index is 13.6. The molecule has 1 aliphatic carbocycles. The number of carbonyl (C=O) groups is 2. The summed E-state index contributed by atoms with van der Waals surface area (Å²) in [5.41, 5.74) is -1.05. The van der Waals surface area contributed by atoms with Gasteiger partial charge in [0.2, 0.25) is 0 Å². The molecule has 578 valence electrons. The molecule has 23 fully saturated rings. The van der Waals surface area contributed by atoms with Gasteiger partial charge in [-0.2, -0.15) is 0 Å². The molecule has 22 saturated heterocycles. The first-order valence-electron chi connectivity index (χ1n) is 34.0. The number of esters is 1. The second-order valence-corrected chi connectivity index (χ2v) is 28.7. The molecule has 102 heavy (non-hydrogen) atoms. The third kappa shape index (κ3) is 17.5. The van der Waals surface area contributed by atoms with Gasteiger partial charge in [0.1, 0.15) is 159 Å². The Morgan fingerprint density at radius 2 is 0.922 bits per heavy atom. The molecule has 22 aliphatic heterocycles. The fourth-order valence-corrected chi connectivity index (χ4v) is 15.9. The highest BCUT2D eigenvalue weighted by molar-refractivity contribution is 7.19. The summed E-state index contributed by atoms with van der Waals surface area (Å²) in [6.07, 6.45) is -59.5. The topological polar surface area (TPSA) is 548 Å². The number of ether oxygens (including phenoxy) is 14. The summed E-state index contributed by atoms with van der Waals surface area (Å²) in [7, 11) is 0. The van der Waals surface area contributed by atoms with E-state index < -0.39 is 273 Å². The summed E-state index contributed by atoms with van der Waals surface area (Å²) in [5, 5.41) is 215. The van der Waals surface area contributed by atoms with E-state index in [2.05, 4.69) is 11.8 Å². The Hall–Kier alpha value is -3.11. The number of thiophene rings is 1. The fraction of sp³-hybridized carbons (Fsp3) is 0.815. The minimum absolute atomic E-state index is 0.131. The monoisotopic (exact) mass is 1500 g/mol. The largest absolute Gasteiger partial charge is 0.463 e. The van der Waals surface area contributed by atoms with E-state index in [1.165, 1.54) is 0 Å². The zero-order chi connectivity index (χ0) is 73.8. The summed E-state index contributed by atoms with van der Waals surface area (Å²) in [6.45, 7) is -4.00. The van der Waals surface area contributed by atoms with Crippen LogP contribution in [0.3, 0.4) is 0 Å². The first-order chi connectivity index (χ1) is 48.7. The summed E-state index contributed by atoms with van der Waals surface area (Å²) in [6, 6.07) is 7.78. The number of hydrogen-bond acceptors (Lipinski definition) is 36. The van der Waals surface area contributed by atoms with Crippen molar-refractivity contribution in [1.82, 2.24) is 0 Å². The number of Topliss-reactive ketones (excluding diaryl/α,β-unsaturated/α-hetero) is 1. The van der Waals surface area contributed by atoms with Crippen molar-refractivity contribution in [2.45, 2.75) is 262 Å². The van der Waals surface area contributed by atoms with Crippen molar-refractivity contribution in [3.8, 4) is 11.8 Å². The van der Waals surface area contributed by atoms with Gasteiger partial charge in [-0.15, -0.1) is 23.2 Å². The predicted octanol–water partition coefficient (Wildman–Crippen LogP) is -7.08. The van der Waals surface area contributed by atoms with Crippen molar-refractivity contribution in [1.29, 1.82) is 0 Å². The van der Waals surface area contributed by atoms with Crippen LogP contribution in [0.1, 0.15) is 63.7 Å². The second-order valence-electron chi connectivity index (χ2n) is 27.2. The standard InChI is InChI=1S/C65H95ClO35S/c1-65(2)57(86)26(27(58(65)87)15-13-25(73)14-16-36-38(66)28-10-7-8-11-35(28)102-36)9-5-3-4-6-12-37(74)88-17-18-89-56-49(85)55-34(24-72)95-64(56)101-54-33(23-71)94-62(48(84)43(54)79)99-52-31(21-69)92-60(46(82)41(52)77)97-50-29(19-67)90-59(44(80)39(50)75)96-51-30(20-68)91-61(45(81)40(51)76)98-53-32(22-70)93-63(100-55)47(83)42(53)78/h7-8,10-11,25-27,29-34,39-56,58-64,67-73,75-85,87H,4,6,9,12-24H2,1-2H3. The molecule has 1 aromatic heterocycles. The van der Waals surface area contributed by atoms with Crippen LogP contribution in [0.15, 0.2) is 24.3 Å². The van der Waals surface area contributed by atoms with Gasteiger partial charge in [0, 0.05) is 45.6 Å². The molecule has 0 radical (unpaired) electrons. The summed E-state index contributed by atoms with van der Waals surface area (Å²) in [5.74, 6) is 4.06. The summed E-state index contributed by atoms with van der Waals surface area (Å²) in [4.78, 5) is 27.7. The number of hydrogen-bond donors (Lipinski definition) is 19. The van der Waals surface area contributed by atoms with Crippen molar-refractivity contribution < 1.29 is 173 Å². The second kappa shape index (κ2) is 35.9. The molecule has 25 rings (SSSR count). The van der Waals surface area contributed by atoms with Crippen molar-refractivity contribution in [3.63, 3.8) is 0 Å². The van der Waals surface area contributed by atoms with Crippen LogP contribution < -0.4 is 0 Å². The van der Waals surface area contributed by atoms with Crippen LogP contribution >= 0.6 is 22.9 Å². The Kier molecular flexibility index (Phi) is 28.7. The third-order valence-corrected chi connectivity index (χ3v) is 22.0. The molecular weight excluding hydrogens is 1410 g/mol. The average molecular weight is 1500 g/mol. The van der Waals surface area contributed by atoms with Crippen LogP contribution in [0.2, 0.25) is 5.02 Å². The first kappa shape index (κ1) is 81.4. The van der Waals surface area contributed by atoms with Gasteiger partial charge in [0.05, 0.1) is 63.5 Å². The lowest BCUT2D eigenvalue weighted by Crippen LogP contribution is -2.69. The lowest BCUT2D eigenvalue weighted by molar-refractivity contribution is -0.405. The highest BCUT2D eigenvalue weighted by Gasteiger charge is 2.60. The number of ketones is 1. The quantitative estimate of drug-likeness (QED) is 0.0333. The normalized spacial score (nSPS) is 43.7. The van der Waals surface area contributed by atoms with Crippen LogP contribution in [-0.4, -0.2) is 358 Å². The molecular formula is C65H95ClO35S. The molecule has 2 aromatic rings. The van der Waals surface area contributed by atoms with Gasteiger partial charge >= 0.3 is 5.97 Å². The van der Waals surface area contributed by atoms with Gasteiger partial charge in [-0.05, 0) is 44.1 Å². The van der Waals surface area contributed by atoms with Gasteiger partial charge in [0.25, 0.3) is 0 Å². The van der Waals surface area contributed by atoms with E-state index in [4.69, 9.17) is 77.9 Å². The number of aliphatic hydroxyl groups excluding tert-OH is 19. The van der Waals surface area contributed by atoms with E-state index in [0.717, 1.165) is 15.0 Å². The van der Waals surface area contributed by atoms with Gasteiger partial charge in [-0.3, -0.25) is 9.59 Å². The van der Waals surface area contributed by atoms with E-state index in [1.807, 2.05) is 24.3 Å². The maximum absolute atomic E-state index is 13.6. The number of benzene rings is 1. The highest BCUT2D eigenvalue weighted by atomic mass is 35.5. The zero-order valence-corrected chi connectivity index (χ0v) is 57.1. The minimum atomic E-state index is -2.23. The van der Waals surface area contributed by atoms with Crippen molar-refractivity contribution >= 4 is 44.8 Å². The Balaban J connectivity index is 0.814. The summed E-state index contributed by atoms with van der Waals surface area (Å²) >= 11 is 8.21. The number of fused-ring (bicyclic) bond motifs is 1. The van der Waals surface area contributed by atoms with Crippen LogP contribution in [0.5, 0.6) is 0 Å². The molecule has 12 bridgehead atoms. The van der Waals surface area contributed by atoms with Crippen LogP contribution in [0.25, 0.3) is 10.1 Å². The van der Waals surface area contributed by atoms with Crippen molar-refractivity contribution in [2.24, 2.45) is 17.3 Å². The molecule has 1 aromatic carbocycles. The number of rotatable bonds is 20. The number of halogens is 1. The van der Waals surface area contributed by atoms with Crippen molar-refractivity contribution in [3.05, 3.63) is 34.2 Å². The Morgan fingerprint density at radius 3 is 1.33 bits per heavy atom. The van der Waals surface area contributed by atoms with Gasteiger partial charge in [-0.25, -0.2) is 0 Å². The molecule has 35 nitrogen and oxygen atoms in total. The van der Waals surface area contributed by atoms with E-state index in [9.17, 15) is 107 Å². The number of aliphatic hydroxyl groups is 19. The predicted molar refractivity (Wildman–Crippen MR) is 339 cm³/mol. The molecule has 0 amide bonds. The van der Waals surface area contributed by atoms with Crippen LogP contribution in [-0.2, 0) is 82.3 Å². The van der Waals surface area contributed by atoms with E-state index in [1.54, 1.807) is 25.2 Å². The molecule has 34 unspecified atom stereocenters. The number of aryl methyl sites for hydroxylation is 1. The van der Waals surface area contributed by atoms with E-state index >= 15 is 0 Å². The molecule has 23 aliphatic rings. The molecule has 23 heterocycles. The van der Waals surface area contributed by atoms with Gasteiger partial charge < -0.3 is 163 Å². The number of carbonyl (C=O) groups excluding carboxylic acids is 2. The highest BCUT2D eigenvalue weighted by Crippen LogP contribution is 2.47. The SMILES string of the molecule is CC1(C)C(=O)C(CC#CCCCC(=O)OCCOC2C3OC(CO)C(OC4OC(CO)C(OC5OC(CO)C(OC6OC(CO)C(OC7OC(CO)C(OC8OC(CO)C(O3)C(O)C8O)C(O)C7O)C(O)C6O)C(O)C5O)C(O)C4O)C2O)C(CCC(O)CCc2sc3ccccc3c2Cl)C1O. The maximum Gasteiger partial charge on any atom is 0.305 e. The smallest absolute Gasteiger partial charge is 0.305 e. The average Bonchev–Trinajstić information content (AvgIpc) is 1.01. The lowest BCUT2D eigenvalue weighted by atomic mass is 9.85. The Bertz CT molecular complexity index is 3060. The van der Waals surface area contributed by atoms with Gasteiger partial charge in [-0.1, -0.05) is 43.6 Å². The Labute approximate surface area is 593 Å². The first-order valence-corrected chi connectivity index (χ1v) is 35.2. The lowest BCUT2D eigenvalue weighted by Gasteiger charge is -2.51. The molecule has 1 saturated carbocycles. The van der Waals surface area contributed by atoms with Crippen LogP contribution in [0, 0.1) is 29.1 Å². The number of unbranched alkanes of at least 4 members (excludes halogenated alkanes) is 1. The van der Waals surface area contributed by atoms with Gasteiger partial charge in [0.15, 0.2) is 37.7 Å². The summed E-state index contributed by atoms with van der Waals surface area (Å²) < 4.78 is 82.6. The molecule has 19 N–H and O–H groups in total. The van der Waals surface area contributed by atoms with E-state index in [0.29, 0.717) is 30.7 Å². The fourth-order valence-electron chi connectivity index (χ4n) is 14.3. The van der Waals surface area contributed by atoms with E-state index in [-0.39, 0.29) is 31.5 Å². The minimum Gasteiger partial charge on any atom is -0.463 e. The zero-order valence-electron chi connectivity index (χ0n) is 55.6. The molecule has 0 spiro atoms. The third-order valence-electron chi connectivity index (χ3n) is 20.2. The molecule has 34 atom stereocenters. The Morgan fingerprint density at radius 1 is 0.529 bits per heavy atom. The molecule has 37 heteroatoms.